The van der Waals surface area contributed by atoms with Gasteiger partial charge >= 0.3 is 5.97 Å². The molecule has 1 aliphatic rings. The third-order valence-corrected chi connectivity index (χ3v) is 2.17. The Labute approximate surface area is 76.5 Å². The third kappa shape index (κ3) is 3.42. The highest BCUT2D eigenvalue weighted by Gasteiger charge is 2.27. The summed E-state index contributed by atoms with van der Waals surface area (Å²) in [4.78, 5) is 22.7. The fourth-order valence-electron chi connectivity index (χ4n) is 1.50. The maximum atomic E-state index is 10.4. The van der Waals surface area contributed by atoms with E-state index in [-0.39, 0.29) is 18.2 Å². The number of likely N-dealkylation sites (tertiary alicyclic amines) is 1. The number of carbonyl (C=O) groups is 2. The Kier molecular flexibility index (Phi) is 3.25. The van der Waals surface area contributed by atoms with Crippen molar-refractivity contribution in [1.29, 1.82) is 0 Å². The monoisotopic (exact) mass is 186 g/mol. The first kappa shape index (κ1) is 9.98. The van der Waals surface area contributed by atoms with Gasteiger partial charge in [-0.1, -0.05) is 0 Å². The summed E-state index contributed by atoms with van der Waals surface area (Å²) < 4.78 is 0. The number of hydrogen-bond acceptors (Lipinski definition) is 3. The highest BCUT2D eigenvalue weighted by atomic mass is 16.4. The van der Waals surface area contributed by atoms with Gasteiger partial charge in [-0.15, -0.1) is 0 Å². The number of primary amides is 1. The lowest BCUT2D eigenvalue weighted by Gasteiger charge is -2.38. The van der Waals surface area contributed by atoms with E-state index in [2.05, 4.69) is 0 Å². The maximum absolute atomic E-state index is 10.4. The summed E-state index contributed by atoms with van der Waals surface area (Å²) in [5.41, 5.74) is 4.98. The second-order valence-electron chi connectivity index (χ2n) is 3.44. The van der Waals surface area contributed by atoms with Gasteiger partial charge in [-0.25, -0.2) is 0 Å². The van der Waals surface area contributed by atoms with Gasteiger partial charge in [0.15, 0.2) is 0 Å². The number of nitrogens with two attached hydrogens (primary N) is 1. The summed E-state index contributed by atoms with van der Waals surface area (Å²) in [5.74, 6) is -0.799. The van der Waals surface area contributed by atoms with Crippen LogP contribution in [0.1, 0.15) is 12.8 Å². The standard InChI is InChI=1S/C8H14N2O3/c9-7(11)1-2-10-4-6(5-10)3-8(12)13/h6H,1-5H2,(H2,9,11)(H,12,13). The average molecular weight is 186 g/mol. The quantitative estimate of drug-likeness (QED) is 0.592. The van der Waals surface area contributed by atoms with Gasteiger partial charge in [0.1, 0.15) is 0 Å². The molecule has 1 aliphatic heterocycles. The Balaban J connectivity index is 2.05. The van der Waals surface area contributed by atoms with E-state index in [1.54, 1.807) is 0 Å². The largest absolute Gasteiger partial charge is 0.481 e. The van der Waals surface area contributed by atoms with E-state index in [0.29, 0.717) is 13.0 Å². The molecule has 1 fully saturated rings. The van der Waals surface area contributed by atoms with E-state index in [1.807, 2.05) is 4.90 Å². The van der Waals surface area contributed by atoms with Crippen molar-refractivity contribution in [3.05, 3.63) is 0 Å². The van der Waals surface area contributed by atoms with Gasteiger partial charge in [-0.05, 0) is 5.92 Å². The van der Waals surface area contributed by atoms with Crippen LogP contribution >= 0.6 is 0 Å². The Morgan fingerprint density at radius 1 is 1.46 bits per heavy atom. The van der Waals surface area contributed by atoms with Gasteiger partial charge in [0.2, 0.25) is 5.91 Å². The first-order valence-corrected chi connectivity index (χ1v) is 4.30. The zero-order valence-electron chi connectivity index (χ0n) is 7.40. The van der Waals surface area contributed by atoms with Crippen molar-refractivity contribution in [1.82, 2.24) is 4.90 Å². The van der Waals surface area contributed by atoms with Crippen molar-refractivity contribution in [2.24, 2.45) is 11.7 Å². The molecule has 0 aromatic heterocycles. The van der Waals surface area contributed by atoms with Crippen molar-refractivity contribution in [2.75, 3.05) is 19.6 Å². The molecule has 0 aliphatic carbocycles. The maximum Gasteiger partial charge on any atom is 0.303 e. The molecule has 1 heterocycles. The van der Waals surface area contributed by atoms with Gasteiger partial charge in [-0.2, -0.15) is 0 Å². The van der Waals surface area contributed by atoms with Crippen LogP contribution in [0.2, 0.25) is 0 Å². The molecule has 5 heteroatoms. The van der Waals surface area contributed by atoms with E-state index in [9.17, 15) is 9.59 Å². The molecular weight excluding hydrogens is 172 g/mol. The molecule has 0 spiro atoms. The molecule has 1 saturated heterocycles. The summed E-state index contributed by atoms with van der Waals surface area (Å²) in [6.07, 6.45) is 0.590. The first-order chi connectivity index (χ1) is 6.08. The summed E-state index contributed by atoms with van der Waals surface area (Å²) in [6.45, 7) is 2.21. The van der Waals surface area contributed by atoms with E-state index in [1.165, 1.54) is 0 Å². The molecule has 0 radical (unpaired) electrons. The highest BCUT2D eigenvalue weighted by molar-refractivity contribution is 5.73. The summed E-state index contributed by atoms with van der Waals surface area (Å²) in [5, 5.41) is 8.46. The SMILES string of the molecule is NC(=O)CCN1CC(CC(=O)O)C1. The van der Waals surface area contributed by atoms with Gasteiger partial charge in [0.05, 0.1) is 6.42 Å². The van der Waals surface area contributed by atoms with Crippen LogP contribution in [0.5, 0.6) is 0 Å². The highest BCUT2D eigenvalue weighted by Crippen LogP contribution is 2.18. The summed E-state index contributed by atoms with van der Waals surface area (Å²) in [6, 6.07) is 0. The fourth-order valence-corrected chi connectivity index (χ4v) is 1.50. The molecule has 0 atom stereocenters. The van der Waals surface area contributed by atoms with Crippen LogP contribution < -0.4 is 5.73 Å². The lowest BCUT2D eigenvalue weighted by atomic mass is 9.96. The molecular formula is C8H14N2O3. The predicted octanol–water partition coefficient (Wildman–Crippen LogP) is -0.732. The normalized spacial score (nSPS) is 18.2. The lowest BCUT2D eigenvalue weighted by molar-refractivity contribution is -0.139. The number of nitrogens with zero attached hydrogens (tertiary/aromatic N) is 1. The minimum absolute atomic E-state index is 0.229. The van der Waals surface area contributed by atoms with E-state index < -0.39 is 5.97 Å². The molecule has 5 nitrogen and oxygen atoms in total. The zero-order chi connectivity index (χ0) is 9.84. The van der Waals surface area contributed by atoms with Crippen LogP contribution in [0.15, 0.2) is 0 Å². The molecule has 74 valence electrons. The van der Waals surface area contributed by atoms with Crippen molar-refractivity contribution in [3.63, 3.8) is 0 Å². The van der Waals surface area contributed by atoms with Gasteiger partial charge < -0.3 is 15.7 Å². The van der Waals surface area contributed by atoms with E-state index >= 15 is 0 Å². The number of carboxylic acids is 1. The fraction of sp³-hybridized carbons (Fsp3) is 0.750. The number of carbonyl (C=O) groups excluding carboxylic acids is 1. The van der Waals surface area contributed by atoms with Crippen LogP contribution in [0.4, 0.5) is 0 Å². The Bertz CT molecular complexity index is 211. The smallest absolute Gasteiger partial charge is 0.303 e. The second kappa shape index (κ2) is 4.23. The van der Waals surface area contributed by atoms with Crippen molar-refractivity contribution < 1.29 is 14.7 Å². The van der Waals surface area contributed by atoms with Crippen molar-refractivity contribution in [2.45, 2.75) is 12.8 Å². The molecule has 1 amide bonds. The molecule has 0 aromatic carbocycles. The van der Waals surface area contributed by atoms with Crippen LogP contribution in [-0.2, 0) is 9.59 Å². The van der Waals surface area contributed by atoms with Gasteiger partial charge in [0, 0.05) is 26.1 Å². The van der Waals surface area contributed by atoms with Crippen molar-refractivity contribution in [3.8, 4) is 0 Å². The zero-order valence-corrected chi connectivity index (χ0v) is 7.40. The molecule has 0 bridgehead atoms. The van der Waals surface area contributed by atoms with Gasteiger partial charge in [0.25, 0.3) is 0 Å². The van der Waals surface area contributed by atoms with Crippen LogP contribution in [0, 0.1) is 5.92 Å². The lowest BCUT2D eigenvalue weighted by Crippen LogP contribution is -2.48. The van der Waals surface area contributed by atoms with E-state index in [4.69, 9.17) is 10.8 Å². The molecule has 0 aromatic rings. The number of rotatable bonds is 5. The minimum Gasteiger partial charge on any atom is -0.481 e. The molecule has 1 rings (SSSR count). The number of amides is 1. The minimum atomic E-state index is -0.750. The number of carboxylic acid groups (broad SMARTS) is 1. The van der Waals surface area contributed by atoms with Crippen LogP contribution in [0.25, 0.3) is 0 Å². The molecule has 0 unspecified atom stereocenters. The number of hydrogen-bond donors (Lipinski definition) is 2. The summed E-state index contributed by atoms with van der Waals surface area (Å²) in [7, 11) is 0. The third-order valence-electron chi connectivity index (χ3n) is 2.17. The molecule has 0 saturated carbocycles. The number of aliphatic carboxylic acids is 1. The molecule has 3 N–H and O–H groups in total. The Hall–Kier alpha value is -1.10. The first-order valence-electron chi connectivity index (χ1n) is 4.30. The Morgan fingerprint density at radius 3 is 2.54 bits per heavy atom. The topological polar surface area (TPSA) is 83.6 Å². The van der Waals surface area contributed by atoms with Gasteiger partial charge in [-0.3, -0.25) is 9.59 Å². The van der Waals surface area contributed by atoms with Crippen LogP contribution in [0.3, 0.4) is 0 Å². The Morgan fingerprint density at radius 2 is 2.08 bits per heavy atom. The predicted molar refractivity (Wildman–Crippen MR) is 46.0 cm³/mol. The van der Waals surface area contributed by atoms with E-state index in [0.717, 1.165) is 13.1 Å². The second-order valence-corrected chi connectivity index (χ2v) is 3.44. The summed E-state index contributed by atoms with van der Waals surface area (Å²) >= 11 is 0. The van der Waals surface area contributed by atoms with Crippen LogP contribution in [-0.4, -0.2) is 41.5 Å². The average Bonchev–Trinajstić information content (AvgIpc) is 1.92. The van der Waals surface area contributed by atoms with Crippen molar-refractivity contribution >= 4 is 11.9 Å². The molecule has 13 heavy (non-hydrogen) atoms.